The summed E-state index contributed by atoms with van der Waals surface area (Å²) in [7, 11) is 0. The Labute approximate surface area is 214 Å². The van der Waals surface area contributed by atoms with Crippen LogP contribution in [0, 0.1) is 0 Å². The molecule has 0 fully saturated rings. The number of hydrazone groups is 1. The minimum atomic E-state index is -0.851. The van der Waals surface area contributed by atoms with Gasteiger partial charge in [-0.15, -0.1) is 0 Å². The van der Waals surface area contributed by atoms with Gasteiger partial charge in [-0.05, 0) is 54.8 Å². The molecule has 0 bridgehead atoms. The van der Waals surface area contributed by atoms with Crippen molar-refractivity contribution in [2.45, 2.75) is 20.0 Å². The maximum absolute atomic E-state index is 12.0. The molecule has 0 spiro atoms. The van der Waals surface area contributed by atoms with Gasteiger partial charge in [-0.2, -0.15) is 5.10 Å². The first kappa shape index (κ1) is 26.1. The van der Waals surface area contributed by atoms with Crippen LogP contribution < -0.4 is 20.2 Å². The molecule has 0 unspecified atom stereocenters. The topological polar surface area (TPSA) is 89.0 Å². The molecule has 2 N–H and O–H groups in total. The monoisotopic (exact) mass is 513 g/mol. The van der Waals surface area contributed by atoms with E-state index in [4.69, 9.17) is 32.7 Å². The number of carbonyl (C=O) groups is 2. The average molecular weight is 514 g/mol. The minimum Gasteiger partial charge on any atom is -0.490 e. The first-order chi connectivity index (χ1) is 17.0. The number of nitrogens with zero attached hydrogens (tertiary/aromatic N) is 1. The van der Waals surface area contributed by atoms with Crippen molar-refractivity contribution in [1.29, 1.82) is 0 Å². The summed E-state index contributed by atoms with van der Waals surface area (Å²) < 4.78 is 11.5. The van der Waals surface area contributed by atoms with Crippen LogP contribution in [0.5, 0.6) is 11.5 Å². The third-order valence-electron chi connectivity index (χ3n) is 4.83. The molecule has 0 atom stereocenters. The maximum Gasteiger partial charge on any atom is 0.329 e. The molecule has 3 aromatic rings. The van der Waals surface area contributed by atoms with Crippen LogP contribution in [-0.4, -0.2) is 31.2 Å². The summed E-state index contributed by atoms with van der Waals surface area (Å²) >= 11 is 12.4. The number of halogens is 2. The van der Waals surface area contributed by atoms with E-state index in [2.05, 4.69) is 15.8 Å². The molecule has 3 aromatic carbocycles. The summed E-state index contributed by atoms with van der Waals surface area (Å²) in [6.07, 6.45) is 2.03. The van der Waals surface area contributed by atoms with E-state index in [1.807, 2.05) is 37.3 Å². The van der Waals surface area contributed by atoms with Gasteiger partial charge in [-0.25, -0.2) is 5.43 Å². The van der Waals surface area contributed by atoms with E-state index in [1.165, 1.54) is 6.21 Å². The van der Waals surface area contributed by atoms with Gasteiger partial charge in [0.15, 0.2) is 11.5 Å². The van der Waals surface area contributed by atoms with E-state index in [0.717, 1.165) is 5.56 Å². The zero-order valence-electron chi connectivity index (χ0n) is 19.1. The molecule has 0 radical (unpaired) electrons. The van der Waals surface area contributed by atoms with Crippen LogP contribution in [0.4, 0.5) is 0 Å². The lowest BCUT2D eigenvalue weighted by Crippen LogP contribution is -2.38. The molecule has 0 saturated carbocycles. The molecule has 182 valence electrons. The first-order valence-electron chi connectivity index (χ1n) is 11.0. The van der Waals surface area contributed by atoms with Gasteiger partial charge in [0.05, 0.1) is 12.8 Å². The van der Waals surface area contributed by atoms with Crippen molar-refractivity contribution < 1.29 is 19.1 Å². The highest BCUT2D eigenvalue weighted by Gasteiger charge is 2.12. The third kappa shape index (κ3) is 8.02. The summed E-state index contributed by atoms with van der Waals surface area (Å²) in [4.78, 5) is 23.9. The lowest BCUT2D eigenvalue weighted by Gasteiger charge is -2.14. The molecule has 0 aliphatic rings. The van der Waals surface area contributed by atoms with E-state index in [0.29, 0.717) is 52.2 Å². The highest BCUT2D eigenvalue weighted by atomic mass is 35.5. The number of hydrogen-bond donors (Lipinski definition) is 2. The number of rotatable bonds is 10. The van der Waals surface area contributed by atoms with Crippen molar-refractivity contribution in [3.05, 3.63) is 93.5 Å². The predicted molar refractivity (Wildman–Crippen MR) is 137 cm³/mol. The summed E-state index contributed by atoms with van der Waals surface area (Å²) in [6.45, 7) is 2.79. The van der Waals surface area contributed by atoms with Crippen LogP contribution >= 0.6 is 23.2 Å². The fourth-order valence-electron chi connectivity index (χ4n) is 3.07. The maximum atomic E-state index is 12.0. The van der Waals surface area contributed by atoms with Crippen LogP contribution in [0.2, 0.25) is 10.0 Å². The van der Waals surface area contributed by atoms with Crippen LogP contribution in [0.3, 0.4) is 0 Å². The number of ether oxygens (including phenoxy) is 2. The molecule has 9 heteroatoms. The second-order valence-electron chi connectivity index (χ2n) is 7.32. The lowest BCUT2D eigenvalue weighted by molar-refractivity contribution is -0.139. The number of hydrogen-bond acceptors (Lipinski definition) is 5. The van der Waals surface area contributed by atoms with E-state index < -0.39 is 11.8 Å². The molecular formula is C26H25Cl2N3O4. The van der Waals surface area contributed by atoms with Gasteiger partial charge in [0.1, 0.15) is 6.61 Å². The molecule has 0 aliphatic heterocycles. The minimum absolute atomic E-state index is 0.168. The van der Waals surface area contributed by atoms with Crippen molar-refractivity contribution in [3.63, 3.8) is 0 Å². The van der Waals surface area contributed by atoms with Gasteiger partial charge >= 0.3 is 11.8 Å². The molecule has 35 heavy (non-hydrogen) atoms. The predicted octanol–water partition coefficient (Wildman–Crippen LogP) is 4.78. The van der Waals surface area contributed by atoms with Gasteiger partial charge in [0.25, 0.3) is 0 Å². The van der Waals surface area contributed by atoms with Crippen LogP contribution in [-0.2, 0) is 22.6 Å². The zero-order chi connectivity index (χ0) is 25.0. The molecular weight excluding hydrogens is 489 g/mol. The van der Waals surface area contributed by atoms with Gasteiger partial charge in [-0.3, -0.25) is 9.59 Å². The molecule has 0 heterocycles. The van der Waals surface area contributed by atoms with Crippen LogP contribution in [0.25, 0.3) is 0 Å². The Bertz CT molecular complexity index is 1170. The van der Waals surface area contributed by atoms with Crippen molar-refractivity contribution in [2.75, 3.05) is 13.2 Å². The Kier molecular flexibility index (Phi) is 9.95. The summed E-state index contributed by atoms with van der Waals surface area (Å²) in [5, 5.41) is 7.45. The van der Waals surface area contributed by atoms with Crippen molar-refractivity contribution in [1.82, 2.24) is 10.7 Å². The molecule has 0 aliphatic carbocycles. The molecule has 0 saturated heterocycles. The highest BCUT2D eigenvalue weighted by molar-refractivity contribution is 6.36. The second-order valence-corrected chi connectivity index (χ2v) is 8.13. The molecule has 7 nitrogen and oxygen atoms in total. The zero-order valence-corrected chi connectivity index (χ0v) is 20.6. The first-order valence-corrected chi connectivity index (χ1v) is 11.7. The Morgan fingerprint density at radius 3 is 2.37 bits per heavy atom. The van der Waals surface area contributed by atoms with E-state index in [1.54, 1.807) is 36.4 Å². The second kappa shape index (κ2) is 13.4. The van der Waals surface area contributed by atoms with Gasteiger partial charge < -0.3 is 14.8 Å². The Morgan fingerprint density at radius 2 is 1.66 bits per heavy atom. The SMILES string of the molecule is CCOc1cc(/C=N\NC(=O)C(=O)NCCc2ccccc2)ccc1OCc1c(Cl)cccc1Cl. The van der Waals surface area contributed by atoms with Crippen molar-refractivity contribution >= 4 is 41.2 Å². The molecule has 3 rings (SSSR count). The number of amides is 2. The molecule has 2 amide bonds. The Morgan fingerprint density at radius 1 is 0.914 bits per heavy atom. The quantitative estimate of drug-likeness (QED) is 0.232. The fraction of sp³-hybridized carbons (Fsp3) is 0.192. The fourth-order valence-corrected chi connectivity index (χ4v) is 3.58. The van der Waals surface area contributed by atoms with Crippen molar-refractivity contribution in [2.24, 2.45) is 5.10 Å². The van der Waals surface area contributed by atoms with E-state index >= 15 is 0 Å². The number of nitrogens with one attached hydrogen (secondary N) is 2. The number of carbonyl (C=O) groups excluding carboxylic acids is 2. The summed E-state index contributed by atoms with van der Waals surface area (Å²) in [5.41, 5.74) is 4.60. The van der Waals surface area contributed by atoms with Gasteiger partial charge in [-0.1, -0.05) is 59.6 Å². The molecule has 0 aromatic heterocycles. The lowest BCUT2D eigenvalue weighted by atomic mass is 10.1. The van der Waals surface area contributed by atoms with Crippen LogP contribution in [0.1, 0.15) is 23.6 Å². The standard InChI is InChI=1S/C26H25Cl2N3O4/c1-2-34-24-15-19(11-12-23(24)35-17-20-21(27)9-6-10-22(20)28)16-30-31-26(33)25(32)29-14-13-18-7-4-3-5-8-18/h3-12,15-16H,2,13-14,17H2,1H3,(H,29,32)(H,31,33)/b30-16-. The summed E-state index contributed by atoms with van der Waals surface area (Å²) in [5.74, 6) is -0.614. The highest BCUT2D eigenvalue weighted by Crippen LogP contribution is 2.31. The van der Waals surface area contributed by atoms with Gasteiger partial charge in [0.2, 0.25) is 0 Å². The Hall–Kier alpha value is -3.55. The van der Waals surface area contributed by atoms with E-state index in [9.17, 15) is 9.59 Å². The number of benzene rings is 3. The van der Waals surface area contributed by atoms with Gasteiger partial charge in [0, 0.05) is 22.2 Å². The average Bonchev–Trinajstić information content (AvgIpc) is 2.85. The summed E-state index contributed by atoms with van der Waals surface area (Å²) in [6, 6.07) is 20.1. The van der Waals surface area contributed by atoms with Crippen LogP contribution in [0.15, 0.2) is 71.8 Å². The normalized spacial score (nSPS) is 10.7. The van der Waals surface area contributed by atoms with Crippen molar-refractivity contribution in [3.8, 4) is 11.5 Å². The third-order valence-corrected chi connectivity index (χ3v) is 5.54. The smallest absolute Gasteiger partial charge is 0.329 e. The Balaban J connectivity index is 1.54. The largest absolute Gasteiger partial charge is 0.490 e. The van der Waals surface area contributed by atoms with E-state index in [-0.39, 0.29) is 6.61 Å².